The lowest BCUT2D eigenvalue weighted by molar-refractivity contribution is -0.124. The summed E-state index contributed by atoms with van der Waals surface area (Å²) in [5, 5.41) is 14.1. The molecule has 9 heteroatoms. The van der Waals surface area contributed by atoms with Crippen LogP contribution in [0.4, 0.5) is 0 Å². The van der Waals surface area contributed by atoms with Crippen LogP contribution >= 0.6 is 0 Å². The van der Waals surface area contributed by atoms with Crippen molar-refractivity contribution in [2.75, 3.05) is 12.8 Å². The Bertz CT molecular complexity index is 471. The van der Waals surface area contributed by atoms with Gasteiger partial charge in [-0.3, -0.25) is 4.79 Å². The smallest absolute Gasteiger partial charge is 0.231 e. The number of hydrogen-bond acceptors (Lipinski definition) is 5. The van der Waals surface area contributed by atoms with E-state index in [-0.39, 0.29) is 18.3 Å². The molecule has 1 atom stereocenters. The van der Waals surface area contributed by atoms with Gasteiger partial charge in [-0.05, 0) is 19.8 Å². The van der Waals surface area contributed by atoms with Crippen LogP contribution in [0.15, 0.2) is 5.16 Å². The molecule has 0 aromatic heterocycles. The zero-order valence-corrected chi connectivity index (χ0v) is 13.3. The maximum Gasteiger partial charge on any atom is 0.231 e. The van der Waals surface area contributed by atoms with Gasteiger partial charge in [-0.15, -0.1) is 0 Å². The van der Waals surface area contributed by atoms with Crippen molar-refractivity contribution in [2.45, 2.75) is 33.2 Å². The summed E-state index contributed by atoms with van der Waals surface area (Å²) >= 11 is 0. The van der Waals surface area contributed by atoms with Gasteiger partial charge in [0.25, 0.3) is 0 Å². The molecule has 0 fully saturated rings. The molecule has 0 rings (SSSR count). The van der Waals surface area contributed by atoms with Crippen molar-refractivity contribution in [2.24, 2.45) is 22.7 Å². The van der Waals surface area contributed by atoms with Crippen molar-refractivity contribution in [3.8, 4) is 0 Å². The average Bonchev–Trinajstić information content (AvgIpc) is 2.22. The molecule has 0 aromatic rings. The van der Waals surface area contributed by atoms with E-state index in [1.54, 1.807) is 27.7 Å². The van der Waals surface area contributed by atoms with Crippen LogP contribution < -0.4 is 15.8 Å². The summed E-state index contributed by atoms with van der Waals surface area (Å²) in [4.78, 5) is 12.0. The maximum atomic E-state index is 12.0. The second-order valence-electron chi connectivity index (χ2n) is 5.72. The molecule has 0 saturated heterocycles. The van der Waals surface area contributed by atoms with Crippen LogP contribution in [-0.4, -0.2) is 43.7 Å². The highest BCUT2D eigenvalue weighted by Gasteiger charge is 2.29. The molecule has 0 aliphatic rings. The van der Waals surface area contributed by atoms with Gasteiger partial charge < -0.3 is 16.3 Å². The van der Waals surface area contributed by atoms with E-state index in [9.17, 15) is 13.2 Å². The summed E-state index contributed by atoms with van der Waals surface area (Å²) in [6.45, 7) is 6.90. The number of hydrogen-bond donors (Lipinski definition) is 4. The van der Waals surface area contributed by atoms with Crippen molar-refractivity contribution in [3.05, 3.63) is 0 Å². The second kappa shape index (κ2) is 6.89. The first-order valence-corrected chi connectivity index (χ1v) is 8.03. The Morgan fingerprint density at radius 3 is 2.25 bits per heavy atom. The molecule has 5 N–H and O–H groups in total. The third kappa shape index (κ3) is 6.71. The number of amides is 1. The van der Waals surface area contributed by atoms with E-state index in [1.165, 1.54) is 0 Å². The van der Waals surface area contributed by atoms with Gasteiger partial charge >= 0.3 is 0 Å². The van der Waals surface area contributed by atoms with Crippen LogP contribution in [0.2, 0.25) is 0 Å². The summed E-state index contributed by atoms with van der Waals surface area (Å²) in [5.74, 6) is -1.52. The van der Waals surface area contributed by atoms with Crippen molar-refractivity contribution in [3.63, 3.8) is 0 Å². The first kappa shape index (κ1) is 18.7. The molecule has 0 heterocycles. The third-order valence-corrected chi connectivity index (χ3v) is 3.47. The first-order valence-electron chi connectivity index (χ1n) is 6.13. The Hall–Kier alpha value is -1.35. The summed E-state index contributed by atoms with van der Waals surface area (Å²) in [6, 6.07) is 0. The SMILES string of the molecule is CC(C)C(C(=O)NCC(C)(C)NS(C)(=O)=O)C(N)=NO. The zero-order chi connectivity index (χ0) is 16.1. The molecule has 1 unspecified atom stereocenters. The van der Waals surface area contributed by atoms with Gasteiger partial charge in [0.15, 0.2) is 5.84 Å². The van der Waals surface area contributed by atoms with Crippen molar-refractivity contribution < 1.29 is 18.4 Å². The molecular weight excluding hydrogens is 284 g/mol. The van der Waals surface area contributed by atoms with Crippen LogP contribution in [0.3, 0.4) is 0 Å². The van der Waals surface area contributed by atoms with E-state index in [0.717, 1.165) is 6.26 Å². The number of carbonyl (C=O) groups excluding carboxylic acids is 1. The summed E-state index contributed by atoms with van der Waals surface area (Å²) < 4.78 is 24.8. The molecule has 0 radical (unpaired) electrons. The van der Waals surface area contributed by atoms with Crippen molar-refractivity contribution in [1.29, 1.82) is 0 Å². The minimum absolute atomic E-state index is 0.0842. The highest BCUT2D eigenvalue weighted by Crippen LogP contribution is 2.12. The number of rotatable bonds is 7. The molecule has 0 aromatic carbocycles. The molecule has 20 heavy (non-hydrogen) atoms. The predicted molar refractivity (Wildman–Crippen MR) is 76.8 cm³/mol. The monoisotopic (exact) mass is 308 g/mol. The van der Waals surface area contributed by atoms with Crippen molar-refractivity contribution in [1.82, 2.24) is 10.0 Å². The fraction of sp³-hybridized carbons (Fsp3) is 0.818. The lowest BCUT2D eigenvalue weighted by atomic mass is 9.93. The number of sulfonamides is 1. The number of nitrogens with zero attached hydrogens (tertiary/aromatic N) is 1. The minimum atomic E-state index is -3.38. The Balaban J connectivity index is 4.76. The number of amidine groups is 1. The van der Waals surface area contributed by atoms with E-state index < -0.39 is 27.4 Å². The van der Waals surface area contributed by atoms with E-state index in [0.29, 0.717) is 0 Å². The molecule has 0 aliphatic carbocycles. The van der Waals surface area contributed by atoms with Gasteiger partial charge in [0.1, 0.15) is 5.92 Å². The van der Waals surface area contributed by atoms with E-state index in [2.05, 4.69) is 15.2 Å². The largest absolute Gasteiger partial charge is 0.409 e. The Morgan fingerprint density at radius 2 is 1.90 bits per heavy atom. The van der Waals surface area contributed by atoms with Gasteiger partial charge in [0, 0.05) is 12.1 Å². The van der Waals surface area contributed by atoms with Gasteiger partial charge in [-0.1, -0.05) is 19.0 Å². The maximum absolute atomic E-state index is 12.0. The lowest BCUT2D eigenvalue weighted by Crippen LogP contribution is -2.53. The van der Waals surface area contributed by atoms with Gasteiger partial charge in [-0.25, -0.2) is 13.1 Å². The number of nitrogens with one attached hydrogen (secondary N) is 2. The lowest BCUT2D eigenvalue weighted by Gasteiger charge is -2.27. The second-order valence-corrected chi connectivity index (χ2v) is 7.47. The quantitative estimate of drug-likeness (QED) is 0.217. The molecule has 8 nitrogen and oxygen atoms in total. The standard InChI is InChI=1S/C11H24N4O4S/c1-7(2)8(9(12)14-17)10(16)13-6-11(3,4)15-20(5,18)19/h7-8,15,17H,6H2,1-5H3,(H2,12,14)(H,13,16). The molecule has 0 aliphatic heterocycles. The number of nitrogens with two attached hydrogens (primary N) is 1. The third-order valence-electron chi connectivity index (χ3n) is 2.55. The number of carbonyl (C=O) groups is 1. The summed E-state index contributed by atoms with van der Waals surface area (Å²) in [7, 11) is -3.38. The highest BCUT2D eigenvalue weighted by molar-refractivity contribution is 7.88. The van der Waals surface area contributed by atoms with Crippen LogP contribution in [0, 0.1) is 11.8 Å². The molecule has 0 bridgehead atoms. The molecular formula is C11H24N4O4S. The molecule has 0 saturated carbocycles. The molecule has 118 valence electrons. The minimum Gasteiger partial charge on any atom is -0.409 e. The van der Waals surface area contributed by atoms with E-state index >= 15 is 0 Å². The van der Waals surface area contributed by atoms with Gasteiger partial charge in [0.2, 0.25) is 15.9 Å². The van der Waals surface area contributed by atoms with E-state index in [4.69, 9.17) is 10.9 Å². The van der Waals surface area contributed by atoms with Crippen LogP contribution in [0.5, 0.6) is 0 Å². The summed E-state index contributed by atoms with van der Waals surface area (Å²) in [5.41, 5.74) is 4.65. The average molecular weight is 308 g/mol. The number of oxime groups is 1. The predicted octanol–water partition coefficient (Wildman–Crippen LogP) is -0.551. The zero-order valence-electron chi connectivity index (χ0n) is 12.5. The Kier molecular flexibility index (Phi) is 6.42. The fourth-order valence-electron chi connectivity index (χ4n) is 1.80. The van der Waals surface area contributed by atoms with Crippen LogP contribution in [-0.2, 0) is 14.8 Å². The van der Waals surface area contributed by atoms with Crippen LogP contribution in [0.1, 0.15) is 27.7 Å². The Morgan fingerprint density at radius 1 is 1.40 bits per heavy atom. The first-order chi connectivity index (χ1) is 8.89. The van der Waals surface area contributed by atoms with E-state index in [1.807, 2.05) is 0 Å². The molecule has 1 amide bonds. The topological polar surface area (TPSA) is 134 Å². The Labute approximate surface area is 119 Å². The molecule has 0 spiro atoms. The normalized spacial score (nSPS) is 15.2. The van der Waals surface area contributed by atoms with Gasteiger partial charge in [0.05, 0.1) is 6.26 Å². The fourth-order valence-corrected chi connectivity index (χ4v) is 2.87. The van der Waals surface area contributed by atoms with Gasteiger partial charge in [-0.2, -0.15) is 0 Å². The summed E-state index contributed by atoms with van der Waals surface area (Å²) in [6.07, 6.45) is 1.05. The van der Waals surface area contributed by atoms with Crippen LogP contribution in [0.25, 0.3) is 0 Å². The van der Waals surface area contributed by atoms with Crippen molar-refractivity contribution >= 4 is 21.8 Å². The highest BCUT2D eigenvalue weighted by atomic mass is 32.2.